The van der Waals surface area contributed by atoms with E-state index in [2.05, 4.69) is 43.5 Å². The van der Waals surface area contributed by atoms with Crippen molar-refractivity contribution in [3.05, 3.63) is 36.5 Å². The molecule has 5 nitrogen and oxygen atoms in total. The van der Waals surface area contributed by atoms with Crippen LogP contribution in [0.5, 0.6) is 0 Å². The van der Waals surface area contributed by atoms with E-state index in [4.69, 9.17) is 0 Å². The lowest BCUT2D eigenvalue weighted by atomic mass is 10.0. The summed E-state index contributed by atoms with van der Waals surface area (Å²) in [5.74, 6) is -0.324. The summed E-state index contributed by atoms with van der Waals surface area (Å²) < 4.78 is 0. The number of nitrogens with one attached hydrogen (secondary N) is 1. The predicted octanol–water partition coefficient (Wildman–Crippen LogP) is 17.4. The van der Waals surface area contributed by atoms with Gasteiger partial charge in [-0.15, -0.1) is 0 Å². The van der Waals surface area contributed by atoms with Crippen molar-refractivity contribution in [2.75, 3.05) is 6.61 Å². The normalized spacial score (nSPS) is 13.5. The predicted molar refractivity (Wildman–Crippen MR) is 278 cm³/mol. The van der Waals surface area contributed by atoms with Crippen LogP contribution in [0.15, 0.2) is 36.5 Å². The molecule has 372 valence electrons. The average molecular weight is 887 g/mol. The Bertz CT molecular complexity index is 978. The molecule has 0 aliphatic heterocycles. The minimum Gasteiger partial charge on any atom is -0.394 e. The van der Waals surface area contributed by atoms with Crippen LogP contribution in [-0.4, -0.2) is 46.1 Å². The second-order valence-corrected chi connectivity index (χ2v) is 19.5. The Morgan fingerprint density at radius 2 is 0.683 bits per heavy atom. The van der Waals surface area contributed by atoms with Gasteiger partial charge in [0.1, 0.15) is 0 Å². The maximum atomic E-state index is 12.5. The van der Waals surface area contributed by atoms with Crippen LogP contribution in [0.1, 0.15) is 303 Å². The first-order valence-electron chi connectivity index (χ1n) is 28.3. The van der Waals surface area contributed by atoms with Crippen molar-refractivity contribution >= 4 is 5.91 Å². The molecule has 0 aliphatic carbocycles. The van der Waals surface area contributed by atoms with Gasteiger partial charge < -0.3 is 20.6 Å². The Labute approximate surface area is 394 Å². The van der Waals surface area contributed by atoms with E-state index < -0.39 is 18.2 Å². The van der Waals surface area contributed by atoms with E-state index in [0.717, 1.165) is 38.5 Å². The van der Waals surface area contributed by atoms with Gasteiger partial charge in [0, 0.05) is 0 Å². The molecule has 0 saturated carbocycles. The van der Waals surface area contributed by atoms with E-state index in [1.54, 1.807) is 6.08 Å². The maximum absolute atomic E-state index is 12.5. The molecule has 1 amide bonds. The van der Waals surface area contributed by atoms with Crippen LogP contribution >= 0.6 is 0 Å². The number of allylic oxidation sites excluding steroid dienone is 5. The van der Waals surface area contributed by atoms with Gasteiger partial charge in [-0.3, -0.25) is 4.79 Å². The highest BCUT2D eigenvalue weighted by atomic mass is 16.3. The van der Waals surface area contributed by atoms with Gasteiger partial charge in [0.05, 0.1) is 31.3 Å². The fraction of sp³-hybridized carbons (Fsp3) is 0.879. The summed E-state index contributed by atoms with van der Waals surface area (Å²) >= 11 is 0. The topological polar surface area (TPSA) is 89.8 Å². The number of aliphatic hydroxyl groups is 3. The summed E-state index contributed by atoms with van der Waals surface area (Å²) in [6.45, 7) is 4.23. The fourth-order valence-electron chi connectivity index (χ4n) is 8.85. The van der Waals surface area contributed by atoms with Gasteiger partial charge >= 0.3 is 0 Å². The van der Waals surface area contributed by atoms with Crippen molar-refractivity contribution in [1.82, 2.24) is 5.32 Å². The minimum absolute atomic E-state index is 0.00566. The molecule has 0 rings (SSSR count). The average Bonchev–Trinajstić information content (AvgIpc) is 3.28. The molecule has 0 aromatic heterocycles. The van der Waals surface area contributed by atoms with Gasteiger partial charge in [-0.05, 0) is 44.9 Å². The number of carbonyl (C=O) groups excluding carboxylic acids is 1. The van der Waals surface area contributed by atoms with Crippen LogP contribution in [0.4, 0.5) is 0 Å². The molecule has 3 unspecified atom stereocenters. The van der Waals surface area contributed by atoms with Gasteiger partial charge in [-0.1, -0.05) is 288 Å². The van der Waals surface area contributed by atoms with Crippen molar-refractivity contribution < 1.29 is 20.1 Å². The van der Waals surface area contributed by atoms with E-state index in [0.29, 0.717) is 6.42 Å². The van der Waals surface area contributed by atoms with Gasteiger partial charge in [-0.2, -0.15) is 0 Å². The van der Waals surface area contributed by atoms with E-state index in [1.165, 1.54) is 238 Å². The Balaban J connectivity index is 3.56. The largest absolute Gasteiger partial charge is 0.394 e. The summed E-state index contributed by atoms with van der Waals surface area (Å²) in [4.78, 5) is 12.5. The Morgan fingerprint density at radius 1 is 0.397 bits per heavy atom. The van der Waals surface area contributed by atoms with Crippen LogP contribution in [0.25, 0.3) is 0 Å². The summed E-state index contributed by atoms with van der Waals surface area (Å²) in [5.41, 5.74) is 0. The number of rotatable bonds is 52. The second-order valence-electron chi connectivity index (χ2n) is 19.5. The van der Waals surface area contributed by atoms with Crippen LogP contribution < -0.4 is 5.32 Å². The highest BCUT2D eigenvalue weighted by Crippen LogP contribution is 2.18. The molecule has 5 heteroatoms. The molecule has 0 bridgehead atoms. The van der Waals surface area contributed by atoms with Gasteiger partial charge in [0.25, 0.3) is 0 Å². The number of hydrogen-bond acceptors (Lipinski definition) is 4. The van der Waals surface area contributed by atoms with E-state index in [-0.39, 0.29) is 18.9 Å². The summed E-state index contributed by atoms with van der Waals surface area (Å²) in [7, 11) is 0. The minimum atomic E-state index is -0.959. The number of unbranched alkanes of at least 4 members (excludes halogenated alkanes) is 39. The molecule has 0 aliphatic rings. The highest BCUT2D eigenvalue weighted by Gasteiger charge is 2.20. The quantitative estimate of drug-likeness (QED) is 0.0362. The number of amides is 1. The van der Waals surface area contributed by atoms with Gasteiger partial charge in [-0.25, -0.2) is 0 Å². The van der Waals surface area contributed by atoms with E-state index in [1.807, 2.05) is 6.08 Å². The SMILES string of the molecule is CCCCCCCCCCC/C=C/CC/C=C/CC/C=C/C(O)C(CO)NC(=O)CC(O)CCCCCCCCCCCCCCCCCCCCCCCCCCCCCCC. The van der Waals surface area contributed by atoms with Gasteiger partial charge in [0.2, 0.25) is 5.91 Å². The molecule has 0 heterocycles. The second kappa shape index (κ2) is 53.2. The number of aliphatic hydroxyl groups excluding tert-OH is 3. The molecule has 0 spiro atoms. The van der Waals surface area contributed by atoms with Gasteiger partial charge in [0.15, 0.2) is 0 Å². The Kier molecular flexibility index (Phi) is 52.0. The van der Waals surface area contributed by atoms with Crippen LogP contribution in [-0.2, 0) is 4.79 Å². The first-order valence-corrected chi connectivity index (χ1v) is 28.3. The molecule has 3 atom stereocenters. The summed E-state index contributed by atoms with van der Waals surface area (Å²) in [5, 5.41) is 33.4. The third-order valence-electron chi connectivity index (χ3n) is 13.2. The van der Waals surface area contributed by atoms with Crippen molar-refractivity contribution in [3.63, 3.8) is 0 Å². The first-order chi connectivity index (χ1) is 31.0. The maximum Gasteiger partial charge on any atom is 0.222 e. The van der Waals surface area contributed by atoms with Crippen molar-refractivity contribution in [2.45, 2.75) is 321 Å². The number of hydrogen-bond donors (Lipinski definition) is 4. The molecule has 0 saturated heterocycles. The summed E-state index contributed by atoms with van der Waals surface area (Å²) in [6.07, 6.45) is 69.1. The Hall–Kier alpha value is -1.43. The lowest BCUT2D eigenvalue weighted by Gasteiger charge is -2.21. The van der Waals surface area contributed by atoms with E-state index >= 15 is 0 Å². The van der Waals surface area contributed by atoms with E-state index in [9.17, 15) is 20.1 Å². The van der Waals surface area contributed by atoms with Crippen molar-refractivity contribution in [3.8, 4) is 0 Å². The zero-order chi connectivity index (χ0) is 45.8. The lowest BCUT2D eigenvalue weighted by Crippen LogP contribution is -2.45. The third kappa shape index (κ3) is 49.8. The molecule has 0 radical (unpaired) electrons. The lowest BCUT2D eigenvalue weighted by molar-refractivity contribution is -0.124. The Morgan fingerprint density at radius 3 is 1.02 bits per heavy atom. The van der Waals surface area contributed by atoms with Crippen molar-refractivity contribution in [1.29, 1.82) is 0 Å². The molecule has 0 aromatic rings. The van der Waals surface area contributed by atoms with Crippen LogP contribution in [0, 0.1) is 0 Å². The molecule has 0 fully saturated rings. The zero-order valence-electron chi connectivity index (χ0n) is 42.5. The standard InChI is InChI=1S/C58H111NO4/c1-3-5-7-9-11-13-15-17-19-21-23-24-25-26-27-28-29-30-31-32-34-35-37-39-41-43-45-47-49-51-55(61)53-58(63)59-56(54-60)57(62)52-50-48-46-44-42-40-38-36-33-22-20-18-16-14-12-10-8-6-4-2/h33,36,42,44,50,52,55-57,60-62H,3-32,34-35,37-41,43,45-49,51,53-54H2,1-2H3,(H,59,63)/b36-33+,44-42+,52-50+. The summed E-state index contributed by atoms with van der Waals surface area (Å²) in [6, 6.07) is -0.766. The van der Waals surface area contributed by atoms with Crippen molar-refractivity contribution in [2.24, 2.45) is 0 Å². The fourth-order valence-corrected chi connectivity index (χ4v) is 8.85. The molecular formula is C58H111NO4. The first kappa shape index (κ1) is 61.6. The molecule has 4 N–H and O–H groups in total. The zero-order valence-corrected chi connectivity index (χ0v) is 42.5. The monoisotopic (exact) mass is 886 g/mol. The van der Waals surface area contributed by atoms with Crippen LogP contribution in [0.2, 0.25) is 0 Å². The third-order valence-corrected chi connectivity index (χ3v) is 13.2. The smallest absolute Gasteiger partial charge is 0.222 e. The number of carbonyl (C=O) groups is 1. The molecule has 63 heavy (non-hydrogen) atoms. The van der Waals surface area contributed by atoms with Crippen LogP contribution in [0.3, 0.4) is 0 Å². The molecule has 0 aromatic carbocycles. The molecular weight excluding hydrogens is 775 g/mol. The highest BCUT2D eigenvalue weighted by molar-refractivity contribution is 5.76.